The minimum absolute atomic E-state index is 0.157. The van der Waals surface area contributed by atoms with Gasteiger partial charge in [-0.3, -0.25) is 4.21 Å². The molecule has 4 atom stereocenters. The van der Waals surface area contributed by atoms with Gasteiger partial charge in [-0.15, -0.1) is 0 Å². The van der Waals surface area contributed by atoms with Crippen molar-refractivity contribution in [2.75, 3.05) is 5.75 Å². The summed E-state index contributed by atoms with van der Waals surface area (Å²) in [5.41, 5.74) is 6.40. The molecule has 3 heteroatoms. The molecule has 0 aromatic rings. The van der Waals surface area contributed by atoms with E-state index in [1.165, 1.54) is 6.42 Å². The van der Waals surface area contributed by atoms with E-state index >= 15 is 0 Å². The van der Waals surface area contributed by atoms with Crippen molar-refractivity contribution in [1.29, 1.82) is 0 Å². The highest BCUT2D eigenvalue weighted by Crippen LogP contribution is 2.38. The van der Waals surface area contributed by atoms with Crippen LogP contribution in [0, 0.1) is 11.3 Å². The van der Waals surface area contributed by atoms with Crippen molar-refractivity contribution in [3.8, 4) is 0 Å². The Hall–Kier alpha value is 0.110. The maximum atomic E-state index is 11.9. The van der Waals surface area contributed by atoms with E-state index in [4.69, 9.17) is 5.73 Å². The topological polar surface area (TPSA) is 43.1 Å². The van der Waals surface area contributed by atoms with E-state index in [0.717, 1.165) is 18.6 Å². The summed E-state index contributed by atoms with van der Waals surface area (Å²) in [5, 5.41) is 0.230. The molecule has 1 rings (SSSR count). The summed E-state index contributed by atoms with van der Waals surface area (Å²) in [6, 6.07) is 0.157. The van der Waals surface area contributed by atoms with Crippen molar-refractivity contribution in [1.82, 2.24) is 0 Å². The predicted molar refractivity (Wildman–Crippen MR) is 67.2 cm³/mol. The van der Waals surface area contributed by atoms with Crippen LogP contribution in [0.15, 0.2) is 0 Å². The molecule has 15 heavy (non-hydrogen) atoms. The summed E-state index contributed by atoms with van der Waals surface area (Å²) >= 11 is 0. The second-order valence-corrected chi connectivity index (χ2v) is 7.69. The fourth-order valence-corrected chi connectivity index (χ4v) is 3.86. The van der Waals surface area contributed by atoms with E-state index < -0.39 is 10.8 Å². The van der Waals surface area contributed by atoms with Gasteiger partial charge in [0.05, 0.1) is 5.25 Å². The third-order valence-electron chi connectivity index (χ3n) is 3.69. The van der Waals surface area contributed by atoms with Crippen LogP contribution in [-0.4, -0.2) is 21.3 Å². The fraction of sp³-hybridized carbons (Fsp3) is 1.00. The van der Waals surface area contributed by atoms with Gasteiger partial charge >= 0.3 is 0 Å². The maximum absolute atomic E-state index is 11.9. The van der Waals surface area contributed by atoms with Crippen LogP contribution in [0.4, 0.5) is 0 Å². The Morgan fingerprint density at radius 3 is 2.40 bits per heavy atom. The minimum atomic E-state index is -0.724. The monoisotopic (exact) mass is 231 g/mol. The zero-order valence-electron chi connectivity index (χ0n) is 10.5. The molecule has 1 saturated carbocycles. The predicted octanol–water partition coefficient (Wildman–Crippen LogP) is 2.30. The Morgan fingerprint density at radius 2 is 1.93 bits per heavy atom. The van der Waals surface area contributed by atoms with Gasteiger partial charge in [0.1, 0.15) is 0 Å². The zero-order chi connectivity index (χ0) is 11.6. The minimum Gasteiger partial charge on any atom is -0.327 e. The molecule has 0 amide bonds. The molecule has 0 heterocycles. The lowest BCUT2D eigenvalue weighted by Crippen LogP contribution is -2.45. The molecule has 2 N–H and O–H groups in total. The lowest BCUT2D eigenvalue weighted by Gasteiger charge is -2.40. The summed E-state index contributed by atoms with van der Waals surface area (Å²) in [5.74, 6) is 1.42. The van der Waals surface area contributed by atoms with Gasteiger partial charge in [0.15, 0.2) is 0 Å². The molecule has 0 aromatic carbocycles. The molecule has 1 aliphatic carbocycles. The summed E-state index contributed by atoms with van der Waals surface area (Å²) in [6.07, 6.45) is 3.28. The molecule has 0 bridgehead atoms. The molecule has 2 nitrogen and oxygen atoms in total. The van der Waals surface area contributed by atoms with E-state index in [9.17, 15) is 4.21 Å². The molecule has 1 aliphatic rings. The SMILES string of the molecule is CCS(=O)C1CC(C(C)(C)C)CCC1N. The van der Waals surface area contributed by atoms with Gasteiger partial charge < -0.3 is 5.73 Å². The first-order valence-electron chi connectivity index (χ1n) is 5.99. The van der Waals surface area contributed by atoms with E-state index in [-0.39, 0.29) is 11.3 Å². The lowest BCUT2D eigenvalue weighted by atomic mass is 9.71. The van der Waals surface area contributed by atoms with Gasteiger partial charge in [0, 0.05) is 22.6 Å². The summed E-state index contributed by atoms with van der Waals surface area (Å²) in [7, 11) is -0.724. The second kappa shape index (κ2) is 4.96. The molecular formula is C12H25NOS. The van der Waals surface area contributed by atoms with Gasteiger partial charge in [-0.25, -0.2) is 0 Å². The third kappa shape index (κ3) is 3.28. The highest BCUT2D eigenvalue weighted by atomic mass is 32.2. The van der Waals surface area contributed by atoms with Crippen LogP contribution in [-0.2, 0) is 10.8 Å². The quantitative estimate of drug-likeness (QED) is 0.792. The number of hydrogen-bond donors (Lipinski definition) is 1. The summed E-state index contributed by atoms with van der Waals surface area (Å²) in [6.45, 7) is 8.82. The zero-order valence-corrected chi connectivity index (χ0v) is 11.3. The molecule has 1 fully saturated rings. The summed E-state index contributed by atoms with van der Waals surface area (Å²) in [4.78, 5) is 0. The second-order valence-electron chi connectivity index (χ2n) is 5.75. The molecule has 0 spiro atoms. The Morgan fingerprint density at radius 1 is 1.33 bits per heavy atom. The molecule has 90 valence electrons. The largest absolute Gasteiger partial charge is 0.327 e. The smallest absolute Gasteiger partial charge is 0.0501 e. The molecule has 0 saturated heterocycles. The van der Waals surface area contributed by atoms with Crippen LogP contribution in [0.5, 0.6) is 0 Å². The molecule has 4 unspecified atom stereocenters. The Bertz CT molecular complexity index is 234. The van der Waals surface area contributed by atoms with E-state index in [1.807, 2.05) is 6.92 Å². The van der Waals surface area contributed by atoms with Gasteiger partial charge in [-0.1, -0.05) is 27.7 Å². The molecular weight excluding hydrogens is 206 g/mol. The number of nitrogens with two attached hydrogens (primary N) is 1. The lowest BCUT2D eigenvalue weighted by molar-refractivity contribution is 0.173. The highest BCUT2D eigenvalue weighted by molar-refractivity contribution is 7.85. The summed E-state index contributed by atoms with van der Waals surface area (Å²) < 4.78 is 11.9. The highest BCUT2D eigenvalue weighted by Gasteiger charge is 2.36. The van der Waals surface area contributed by atoms with Crippen LogP contribution in [0.2, 0.25) is 0 Å². The van der Waals surface area contributed by atoms with Crippen molar-refractivity contribution in [3.63, 3.8) is 0 Å². The molecule has 0 aromatic heterocycles. The average molecular weight is 231 g/mol. The van der Waals surface area contributed by atoms with Crippen molar-refractivity contribution < 1.29 is 4.21 Å². The fourth-order valence-electron chi connectivity index (χ4n) is 2.46. The normalized spacial score (nSPS) is 35.1. The van der Waals surface area contributed by atoms with Gasteiger partial charge in [-0.05, 0) is 30.6 Å². The van der Waals surface area contributed by atoms with Crippen molar-refractivity contribution in [2.45, 2.75) is 58.2 Å². The maximum Gasteiger partial charge on any atom is 0.0501 e. The first kappa shape index (κ1) is 13.2. The Balaban J connectivity index is 2.68. The molecule has 0 radical (unpaired) electrons. The van der Waals surface area contributed by atoms with Crippen molar-refractivity contribution in [2.24, 2.45) is 17.1 Å². The van der Waals surface area contributed by atoms with Crippen molar-refractivity contribution >= 4 is 10.8 Å². The first-order valence-corrected chi connectivity index (χ1v) is 7.37. The van der Waals surface area contributed by atoms with Gasteiger partial charge in [0.25, 0.3) is 0 Å². The van der Waals surface area contributed by atoms with E-state index in [1.54, 1.807) is 0 Å². The standard InChI is InChI=1S/C12H25NOS/c1-5-15(14)11-8-9(12(2,3)4)6-7-10(11)13/h9-11H,5-8,13H2,1-4H3. The first-order chi connectivity index (χ1) is 6.86. The number of hydrogen-bond acceptors (Lipinski definition) is 2. The molecule has 0 aliphatic heterocycles. The van der Waals surface area contributed by atoms with Crippen LogP contribution in [0.25, 0.3) is 0 Å². The van der Waals surface area contributed by atoms with Crippen LogP contribution < -0.4 is 5.73 Å². The van der Waals surface area contributed by atoms with Crippen LogP contribution in [0.3, 0.4) is 0 Å². The van der Waals surface area contributed by atoms with Gasteiger partial charge in [-0.2, -0.15) is 0 Å². The van der Waals surface area contributed by atoms with E-state index in [0.29, 0.717) is 11.3 Å². The van der Waals surface area contributed by atoms with E-state index in [2.05, 4.69) is 20.8 Å². The van der Waals surface area contributed by atoms with Gasteiger partial charge in [0.2, 0.25) is 0 Å². The van der Waals surface area contributed by atoms with Crippen LogP contribution in [0.1, 0.15) is 47.0 Å². The Labute approximate surface area is 96.5 Å². The van der Waals surface area contributed by atoms with Crippen LogP contribution >= 0.6 is 0 Å². The number of rotatable bonds is 2. The Kier molecular flexibility index (Phi) is 4.36. The van der Waals surface area contributed by atoms with Crippen molar-refractivity contribution in [3.05, 3.63) is 0 Å². The third-order valence-corrected chi connectivity index (χ3v) is 5.48. The average Bonchev–Trinajstić information content (AvgIpc) is 2.15.